The molecule has 0 amide bonds. The molecule has 0 aliphatic heterocycles. The number of rotatable bonds is 1. The molecule has 12 heavy (non-hydrogen) atoms. The molecule has 0 unspecified atom stereocenters. The maximum Gasteiger partial charge on any atom is 0.374 e. The first-order valence-corrected chi connectivity index (χ1v) is 3.17. The van der Waals surface area contributed by atoms with E-state index in [2.05, 4.69) is 4.99 Å². The Kier molecular flexibility index (Phi) is 4.83. The van der Waals surface area contributed by atoms with Crippen molar-refractivity contribution in [1.82, 2.24) is 5.48 Å². The van der Waals surface area contributed by atoms with Crippen LogP contribution in [0.1, 0.15) is 0 Å². The van der Waals surface area contributed by atoms with Crippen LogP contribution in [-0.4, -0.2) is 11.2 Å². The second-order valence-electron chi connectivity index (χ2n) is 2.02. The molecular weight excluding hydrogens is 178 g/mol. The maximum absolute atomic E-state index is 8.32. The summed E-state index contributed by atoms with van der Waals surface area (Å²) in [5.41, 5.74) is 7.87. The molecule has 4 nitrogen and oxygen atoms in total. The summed E-state index contributed by atoms with van der Waals surface area (Å²) < 4.78 is 0. The minimum Gasteiger partial charge on any atom is -1.00 e. The Morgan fingerprint density at radius 1 is 1.33 bits per heavy atom. The van der Waals surface area contributed by atoms with Crippen LogP contribution in [0.3, 0.4) is 0 Å². The number of benzene rings is 1. The molecule has 0 aromatic heterocycles. The zero-order valence-corrected chi connectivity index (χ0v) is 7.05. The Morgan fingerprint density at radius 3 is 2.42 bits per heavy atom. The van der Waals surface area contributed by atoms with Crippen LogP contribution in [0, 0.1) is 0 Å². The van der Waals surface area contributed by atoms with Gasteiger partial charge in [0.15, 0.2) is 0 Å². The topological polar surface area (TPSA) is 72.2 Å². The van der Waals surface area contributed by atoms with Crippen molar-refractivity contribution in [3.63, 3.8) is 0 Å². The first-order valence-electron chi connectivity index (χ1n) is 3.17. The number of nitrogens with one attached hydrogen (secondary N) is 2. The molecule has 5 heteroatoms. The fourth-order valence-electron chi connectivity index (χ4n) is 0.705. The van der Waals surface area contributed by atoms with Crippen LogP contribution in [-0.2, 0) is 0 Å². The van der Waals surface area contributed by atoms with Crippen molar-refractivity contribution < 1.29 is 22.6 Å². The standard InChI is InChI=1S/C7H9N3O.ClH/c8-7(10-11)9-6-4-2-1-3-5-6;/h1-5,11H,(H3,8,9,10);1H. The van der Waals surface area contributed by atoms with Crippen LogP contribution in [0.25, 0.3) is 0 Å². The highest BCUT2D eigenvalue weighted by Crippen LogP contribution is 1.94. The molecule has 0 aliphatic carbocycles. The van der Waals surface area contributed by atoms with Crippen molar-refractivity contribution in [1.29, 1.82) is 0 Å². The van der Waals surface area contributed by atoms with Gasteiger partial charge in [0.05, 0.1) is 5.69 Å². The Balaban J connectivity index is 0.00000121. The van der Waals surface area contributed by atoms with E-state index in [0.29, 0.717) is 0 Å². The van der Waals surface area contributed by atoms with Gasteiger partial charge in [-0.1, -0.05) is 18.2 Å². The number of para-hydroxylation sites is 1. The Labute approximate surface area is 76.5 Å². The molecule has 0 aliphatic rings. The number of halogens is 1. The van der Waals surface area contributed by atoms with Crippen LogP contribution in [0.15, 0.2) is 30.3 Å². The van der Waals surface area contributed by atoms with Gasteiger partial charge in [0.25, 0.3) is 0 Å². The smallest absolute Gasteiger partial charge is 0.374 e. The lowest BCUT2D eigenvalue weighted by Crippen LogP contribution is -3.00. The van der Waals surface area contributed by atoms with E-state index in [9.17, 15) is 0 Å². The van der Waals surface area contributed by atoms with Gasteiger partial charge in [-0.15, -0.1) is 5.48 Å². The predicted molar refractivity (Wildman–Crippen MR) is 41.2 cm³/mol. The van der Waals surface area contributed by atoms with Gasteiger partial charge < -0.3 is 12.4 Å². The van der Waals surface area contributed by atoms with Gasteiger partial charge in [-0.25, -0.2) is 10.2 Å². The molecule has 66 valence electrons. The number of nitrogens with two attached hydrogens (primary N) is 1. The van der Waals surface area contributed by atoms with E-state index in [1.54, 1.807) is 5.48 Å². The van der Waals surface area contributed by atoms with Crippen molar-refractivity contribution >= 4 is 11.6 Å². The van der Waals surface area contributed by atoms with Crippen LogP contribution in [0.2, 0.25) is 0 Å². The molecule has 0 saturated carbocycles. The molecular formula is C7H10ClN3O. The summed E-state index contributed by atoms with van der Waals surface area (Å²) in [5.74, 6) is 0.108. The summed E-state index contributed by atoms with van der Waals surface area (Å²) in [7, 11) is 0. The molecule has 1 aromatic carbocycles. The molecule has 1 aromatic rings. The largest absolute Gasteiger partial charge is 1.00 e. The van der Waals surface area contributed by atoms with E-state index in [4.69, 9.17) is 10.9 Å². The highest BCUT2D eigenvalue weighted by Gasteiger charge is 1.93. The van der Waals surface area contributed by atoms with Crippen molar-refractivity contribution in [3.05, 3.63) is 30.3 Å². The molecule has 0 spiro atoms. The highest BCUT2D eigenvalue weighted by atomic mass is 35.5. The lowest BCUT2D eigenvalue weighted by atomic mass is 10.3. The lowest BCUT2D eigenvalue weighted by Gasteiger charge is -1.90. The second kappa shape index (κ2) is 5.40. The molecule has 0 atom stereocenters. The number of hydroxylamine groups is 1. The third-order valence-electron chi connectivity index (χ3n) is 1.17. The Hall–Kier alpha value is -1.26. The van der Waals surface area contributed by atoms with Gasteiger partial charge >= 0.3 is 5.96 Å². The van der Waals surface area contributed by atoms with Crippen LogP contribution >= 0.6 is 0 Å². The summed E-state index contributed by atoms with van der Waals surface area (Å²) in [6.07, 6.45) is 0. The fourth-order valence-corrected chi connectivity index (χ4v) is 0.705. The van der Waals surface area contributed by atoms with Crippen molar-refractivity contribution in [2.24, 2.45) is 5.73 Å². The minimum atomic E-state index is 0. The zero-order valence-electron chi connectivity index (χ0n) is 6.29. The summed E-state index contributed by atoms with van der Waals surface area (Å²) >= 11 is 0. The van der Waals surface area contributed by atoms with Gasteiger partial charge in [-0.05, 0) is 12.1 Å². The quantitative estimate of drug-likeness (QED) is 0.204. The normalized spacial score (nSPS) is 10.2. The lowest BCUT2D eigenvalue weighted by molar-refractivity contribution is -0.360. The van der Waals surface area contributed by atoms with Crippen molar-refractivity contribution in [3.8, 4) is 0 Å². The molecule has 0 bridgehead atoms. The third-order valence-corrected chi connectivity index (χ3v) is 1.17. The average molecular weight is 188 g/mol. The van der Waals surface area contributed by atoms with E-state index >= 15 is 0 Å². The zero-order chi connectivity index (χ0) is 8.10. The van der Waals surface area contributed by atoms with Crippen molar-refractivity contribution in [2.75, 3.05) is 0 Å². The van der Waals surface area contributed by atoms with E-state index in [1.807, 2.05) is 30.3 Å². The number of hydrogen-bond acceptors (Lipinski definition) is 1. The molecule has 0 radical (unpaired) electrons. The monoisotopic (exact) mass is 187 g/mol. The van der Waals surface area contributed by atoms with Gasteiger partial charge in [-0.2, -0.15) is 0 Å². The predicted octanol–water partition coefficient (Wildman–Crippen LogP) is -4.30. The summed E-state index contributed by atoms with van der Waals surface area (Å²) in [5, 5.41) is 8.32. The SMILES string of the molecule is NC(NO)=[NH+]c1ccccc1.[Cl-]. The van der Waals surface area contributed by atoms with Crippen LogP contribution in [0.4, 0.5) is 5.69 Å². The summed E-state index contributed by atoms with van der Waals surface area (Å²) in [6.45, 7) is 0. The summed E-state index contributed by atoms with van der Waals surface area (Å²) in [6, 6.07) is 9.31. The summed E-state index contributed by atoms with van der Waals surface area (Å²) in [4.78, 5) is 2.72. The minimum absolute atomic E-state index is 0. The van der Waals surface area contributed by atoms with Gasteiger partial charge in [0, 0.05) is 0 Å². The first-order chi connectivity index (χ1) is 5.33. The molecule has 5 N–H and O–H groups in total. The first kappa shape index (κ1) is 10.7. The van der Waals surface area contributed by atoms with Crippen molar-refractivity contribution in [2.45, 2.75) is 0 Å². The van der Waals surface area contributed by atoms with Gasteiger partial charge in [0.2, 0.25) is 0 Å². The number of guanidine groups is 1. The molecule has 0 heterocycles. The molecule has 0 saturated heterocycles. The second-order valence-corrected chi connectivity index (χ2v) is 2.02. The average Bonchev–Trinajstić information content (AvgIpc) is 2.06. The third kappa shape index (κ3) is 3.23. The Bertz CT molecular complexity index is 250. The highest BCUT2D eigenvalue weighted by molar-refractivity contribution is 5.71. The number of hydrogen-bond donors (Lipinski definition) is 4. The van der Waals surface area contributed by atoms with Crippen LogP contribution in [0.5, 0.6) is 0 Å². The Morgan fingerprint density at radius 2 is 1.92 bits per heavy atom. The van der Waals surface area contributed by atoms with E-state index < -0.39 is 0 Å². The molecule has 0 fully saturated rings. The van der Waals surface area contributed by atoms with Gasteiger partial charge in [-0.3, -0.25) is 5.73 Å². The van der Waals surface area contributed by atoms with E-state index in [0.717, 1.165) is 5.69 Å². The van der Waals surface area contributed by atoms with Gasteiger partial charge in [0.1, 0.15) is 0 Å². The maximum atomic E-state index is 8.32. The van der Waals surface area contributed by atoms with Crippen LogP contribution < -0.4 is 28.6 Å². The van der Waals surface area contributed by atoms with E-state index in [1.165, 1.54) is 0 Å². The molecule has 1 rings (SSSR count). The van der Waals surface area contributed by atoms with E-state index in [-0.39, 0.29) is 18.4 Å². The fraction of sp³-hybridized carbons (Fsp3) is 0.